The maximum atomic E-state index is 13.4. The minimum Gasteiger partial charge on any atom is -0.447 e. The third-order valence-corrected chi connectivity index (χ3v) is 3.79. The summed E-state index contributed by atoms with van der Waals surface area (Å²) in [6, 6.07) is 3.30. The first-order valence-corrected chi connectivity index (χ1v) is 7.15. The number of carbonyl (C=O) groups excluding carboxylic acids is 2. The lowest BCUT2D eigenvalue weighted by atomic mass is 10.1. The maximum absolute atomic E-state index is 13.4. The van der Waals surface area contributed by atoms with Crippen molar-refractivity contribution >= 4 is 23.6 Å². The highest BCUT2D eigenvalue weighted by molar-refractivity contribution is 5.93. The van der Waals surface area contributed by atoms with E-state index >= 15 is 0 Å². The number of nitrogens with zero attached hydrogens (tertiary/aromatic N) is 2. The van der Waals surface area contributed by atoms with Crippen molar-refractivity contribution in [1.82, 2.24) is 0 Å². The lowest BCUT2D eigenvalue weighted by Crippen LogP contribution is -2.29. The number of alkyl halides is 3. The summed E-state index contributed by atoms with van der Waals surface area (Å²) in [6.07, 6.45) is -6.87. The van der Waals surface area contributed by atoms with E-state index in [1.54, 1.807) is 0 Å². The molecule has 2 fully saturated rings. The van der Waals surface area contributed by atoms with Crippen molar-refractivity contribution < 1.29 is 32.2 Å². The van der Waals surface area contributed by atoms with E-state index in [1.807, 2.05) is 0 Å². The number of hydrogen-bond donors (Lipinski definition) is 1. The van der Waals surface area contributed by atoms with Gasteiger partial charge in [-0.3, -0.25) is 9.80 Å². The average molecular weight is 345 g/mol. The van der Waals surface area contributed by atoms with E-state index in [4.69, 9.17) is 10.5 Å². The molecule has 1 aromatic carbocycles. The summed E-state index contributed by atoms with van der Waals surface area (Å²) in [7, 11) is 0. The lowest BCUT2D eigenvalue weighted by Gasteiger charge is -2.22. The van der Waals surface area contributed by atoms with Gasteiger partial charge in [-0.15, -0.1) is 0 Å². The van der Waals surface area contributed by atoms with Crippen LogP contribution in [-0.2, 0) is 15.7 Å². The van der Waals surface area contributed by atoms with Gasteiger partial charge in [0.2, 0.25) is 0 Å². The van der Waals surface area contributed by atoms with Crippen LogP contribution in [0.15, 0.2) is 18.2 Å². The highest BCUT2D eigenvalue weighted by Gasteiger charge is 2.39. The molecular formula is C14H14F3N3O4. The molecule has 10 heteroatoms. The molecule has 2 heterocycles. The summed E-state index contributed by atoms with van der Waals surface area (Å²) < 4.78 is 49.8. The summed E-state index contributed by atoms with van der Waals surface area (Å²) >= 11 is 0. The predicted molar refractivity (Wildman–Crippen MR) is 76.8 cm³/mol. The molecule has 3 rings (SSSR count). The normalized spacial score (nSPS) is 21.2. The van der Waals surface area contributed by atoms with Gasteiger partial charge in [0.25, 0.3) is 0 Å². The SMILES string of the molecule is NC[C@@H]1CN(c2ccc(N3CCOC3=O)c(C(F)(F)F)c2)C(=O)O1. The molecule has 0 bridgehead atoms. The molecule has 2 N–H and O–H groups in total. The standard InChI is InChI=1S/C14H14F3N3O4/c15-14(16,17)10-5-8(20-7-9(6-18)24-13(20)22)1-2-11(10)19-3-4-23-12(19)21/h1-2,5,9H,3-4,6-7,18H2/t9-/m1/s1. The van der Waals surface area contributed by atoms with Crippen molar-refractivity contribution in [3.05, 3.63) is 23.8 Å². The second kappa shape index (κ2) is 5.86. The molecule has 0 saturated carbocycles. The number of nitrogens with two attached hydrogens (primary N) is 1. The predicted octanol–water partition coefficient (Wildman–Crippen LogP) is 1.95. The molecule has 1 atom stereocenters. The smallest absolute Gasteiger partial charge is 0.418 e. The Kier molecular flexibility index (Phi) is 3.99. The first-order chi connectivity index (χ1) is 11.3. The third-order valence-electron chi connectivity index (χ3n) is 3.79. The van der Waals surface area contributed by atoms with E-state index < -0.39 is 30.0 Å². The van der Waals surface area contributed by atoms with Gasteiger partial charge < -0.3 is 15.2 Å². The van der Waals surface area contributed by atoms with Gasteiger partial charge in [0.05, 0.1) is 24.3 Å². The van der Waals surface area contributed by atoms with Gasteiger partial charge in [-0.05, 0) is 18.2 Å². The van der Waals surface area contributed by atoms with Crippen LogP contribution in [0.1, 0.15) is 5.56 Å². The molecular weight excluding hydrogens is 331 g/mol. The Bertz CT molecular complexity index is 680. The van der Waals surface area contributed by atoms with E-state index in [0.717, 1.165) is 21.9 Å². The van der Waals surface area contributed by atoms with Gasteiger partial charge >= 0.3 is 18.4 Å². The second-order valence-corrected chi connectivity index (χ2v) is 5.32. The molecule has 24 heavy (non-hydrogen) atoms. The van der Waals surface area contributed by atoms with Gasteiger partial charge in [-0.1, -0.05) is 0 Å². The summed E-state index contributed by atoms with van der Waals surface area (Å²) in [5.41, 5.74) is 4.11. The first-order valence-electron chi connectivity index (χ1n) is 7.15. The van der Waals surface area contributed by atoms with Gasteiger partial charge in [0.15, 0.2) is 0 Å². The van der Waals surface area contributed by atoms with E-state index in [-0.39, 0.29) is 37.6 Å². The van der Waals surface area contributed by atoms with Crippen molar-refractivity contribution in [3.8, 4) is 0 Å². The van der Waals surface area contributed by atoms with E-state index in [1.165, 1.54) is 6.07 Å². The Morgan fingerprint density at radius 3 is 2.50 bits per heavy atom. The van der Waals surface area contributed by atoms with Crippen molar-refractivity contribution in [2.75, 3.05) is 36.0 Å². The van der Waals surface area contributed by atoms with Gasteiger partial charge in [-0.25, -0.2) is 9.59 Å². The van der Waals surface area contributed by atoms with Crippen molar-refractivity contribution in [2.45, 2.75) is 12.3 Å². The fourth-order valence-corrected chi connectivity index (χ4v) is 2.62. The zero-order valence-corrected chi connectivity index (χ0v) is 12.4. The minimum atomic E-state index is -4.70. The molecule has 130 valence electrons. The fraction of sp³-hybridized carbons (Fsp3) is 0.429. The van der Waals surface area contributed by atoms with E-state index in [2.05, 4.69) is 4.74 Å². The minimum absolute atomic E-state index is 0.0223. The van der Waals surface area contributed by atoms with Gasteiger partial charge in [0, 0.05) is 12.2 Å². The van der Waals surface area contributed by atoms with Gasteiger partial charge in [-0.2, -0.15) is 13.2 Å². The number of halogens is 3. The quantitative estimate of drug-likeness (QED) is 0.905. The fourth-order valence-electron chi connectivity index (χ4n) is 2.62. The summed E-state index contributed by atoms with van der Waals surface area (Å²) in [5, 5.41) is 0. The molecule has 0 aromatic heterocycles. The van der Waals surface area contributed by atoms with Crippen LogP contribution in [0.3, 0.4) is 0 Å². The van der Waals surface area contributed by atoms with Crippen LogP contribution in [0.25, 0.3) is 0 Å². The van der Waals surface area contributed by atoms with Crippen LogP contribution >= 0.6 is 0 Å². The third kappa shape index (κ3) is 2.84. The number of carbonyl (C=O) groups is 2. The number of amides is 2. The first kappa shape index (κ1) is 16.4. The molecule has 0 radical (unpaired) electrons. The van der Waals surface area contributed by atoms with Crippen molar-refractivity contribution in [3.63, 3.8) is 0 Å². The highest BCUT2D eigenvalue weighted by atomic mass is 19.4. The topological polar surface area (TPSA) is 85.1 Å². The molecule has 2 aliphatic rings. The summed E-state index contributed by atoms with van der Waals surface area (Å²) in [6.45, 7) is 0.195. The zero-order chi connectivity index (χ0) is 17.5. The molecule has 7 nitrogen and oxygen atoms in total. The highest BCUT2D eigenvalue weighted by Crippen LogP contribution is 2.40. The molecule has 2 saturated heterocycles. The molecule has 0 aliphatic carbocycles. The number of hydrogen-bond acceptors (Lipinski definition) is 5. The Morgan fingerprint density at radius 1 is 1.21 bits per heavy atom. The van der Waals surface area contributed by atoms with E-state index in [0.29, 0.717) is 0 Å². The second-order valence-electron chi connectivity index (χ2n) is 5.32. The Labute approximate surface area is 134 Å². The number of benzene rings is 1. The summed E-state index contributed by atoms with van der Waals surface area (Å²) in [4.78, 5) is 25.3. The van der Waals surface area contributed by atoms with Crippen LogP contribution < -0.4 is 15.5 Å². The van der Waals surface area contributed by atoms with E-state index in [9.17, 15) is 22.8 Å². The monoisotopic (exact) mass is 345 g/mol. The van der Waals surface area contributed by atoms with Gasteiger partial charge in [0.1, 0.15) is 12.7 Å². The van der Waals surface area contributed by atoms with Crippen LogP contribution in [0.5, 0.6) is 0 Å². The largest absolute Gasteiger partial charge is 0.447 e. The number of anilines is 2. The molecule has 1 aromatic rings. The van der Waals surface area contributed by atoms with Crippen LogP contribution in [-0.4, -0.2) is 44.5 Å². The lowest BCUT2D eigenvalue weighted by molar-refractivity contribution is -0.137. The Hall–Kier alpha value is -2.49. The van der Waals surface area contributed by atoms with Crippen LogP contribution in [0.4, 0.5) is 34.1 Å². The molecule has 2 amide bonds. The van der Waals surface area contributed by atoms with Crippen molar-refractivity contribution in [1.29, 1.82) is 0 Å². The van der Waals surface area contributed by atoms with Crippen LogP contribution in [0.2, 0.25) is 0 Å². The van der Waals surface area contributed by atoms with Crippen molar-refractivity contribution in [2.24, 2.45) is 5.73 Å². The number of rotatable bonds is 3. The molecule has 0 unspecified atom stereocenters. The maximum Gasteiger partial charge on any atom is 0.418 e. The zero-order valence-electron chi connectivity index (χ0n) is 12.4. The number of ether oxygens (including phenoxy) is 2. The number of cyclic esters (lactones) is 2. The molecule has 2 aliphatic heterocycles. The Balaban J connectivity index is 1.99. The summed E-state index contributed by atoms with van der Waals surface area (Å²) in [5.74, 6) is 0. The Morgan fingerprint density at radius 2 is 1.96 bits per heavy atom. The average Bonchev–Trinajstić information content (AvgIpc) is 3.11. The molecule has 0 spiro atoms. The van der Waals surface area contributed by atoms with Crippen LogP contribution in [0, 0.1) is 0 Å².